The summed E-state index contributed by atoms with van der Waals surface area (Å²) in [7, 11) is 1.48. The van der Waals surface area contributed by atoms with Gasteiger partial charge in [-0.1, -0.05) is 0 Å². The number of hydrogen-bond acceptors (Lipinski definition) is 3. The summed E-state index contributed by atoms with van der Waals surface area (Å²) < 4.78 is 19.5. The molecule has 2 heterocycles. The van der Waals surface area contributed by atoms with Gasteiger partial charge in [0.1, 0.15) is 0 Å². The Morgan fingerprint density at radius 2 is 2.31 bits per heavy atom. The van der Waals surface area contributed by atoms with Crippen LogP contribution in [0, 0.1) is 5.82 Å². The Kier molecular flexibility index (Phi) is 1.58. The number of fused-ring (bicyclic) bond motifs is 1. The lowest BCUT2D eigenvalue weighted by Crippen LogP contribution is -1.93. The second-order valence-corrected chi connectivity index (χ2v) is 2.64. The summed E-state index contributed by atoms with van der Waals surface area (Å²) in [5.74, 6) is -0.0900. The fourth-order valence-corrected chi connectivity index (χ4v) is 1.15. The average molecular weight is 181 g/mol. The van der Waals surface area contributed by atoms with Crippen molar-refractivity contribution in [3.8, 4) is 5.88 Å². The normalized spacial score (nSPS) is 10.6. The van der Waals surface area contributed by atoms with E-state index >= 15 is 0 Å². The van der Waals surface area contributed by atoms with Gasteiger partial charge in [-0.15, -0.1) is 0 Å². The lowest BCUT2D eigenvalue weighted by atomic mass is 10.4. The van der Waals surface area contributed by atoms with Gasteiger partial charge in [-0.05, 0) is 0 Å². The molecule has 0 aromatic carbocycles. The summed E-state index contributed by atoms with van der Waals surface area (Å²) >= 11 is 0. The Hall–Kier alpha value is -1.78. The zero-order chi connectivity index (χ0) is 9.42. The van der Waals surface area contributed by atoms with E-state index in [0.717, 1.165) is 0 Å². The van der Waals surface area contributed by atoms with Crippen molar-refractivity contribution in [3.63, 3.8) is 0 Å². The summed E-state index contributed by atoms with van der Waals surface area (Å²) in [5.41, 5.74) is 6.01. The standard InChI is InChI=1S/C8H8FN3O/c1-13-7-4-12-3-5(10)2-6(9)8(12)11-7/h2-4H,10H2,1H3. The first-order valence-corrected chi connectivity index (χ1v) is 3.68. The summed E-state index contributed by atoms with van der Waals surface area (Å²) in [6.07, 6.45) is 3.14. The van der Waals surface area contributed by atoms with E-state index in [1.807, 2.05) is 0 Å². The van der Waals surface area contributed by atoms with Crippen LogP contribution in [0.5, 0.6) is 5.88 Å². The van der Waals surface area contributed by atoms with Crippen LogP contribution in [0.15, 0.2) is 18.5 Å². The Morgan fingerprint density at radius 3 is 3.00 bits per heavy atom. The van der Waals surface area contributed by atoms with E-state index in [4.69, 9.17) is 10.5 Å². The van der Waals surface area contributed by atoms with Crippen LogP contribution in [0.25, 0.3) is 5.65 Å². The molecule has 0 radical (unpaired) electrons. The number of ether oxygens (including phenoxy) is 1. The van der Waals surface area contributed by atoms with E-state index in [-0.39, 0.29) is 5.65 Å². The average Bonchev–Trinajstić information content (AvgIpc) is 2.47. The van der Waals surface area contributed by atoms with Gasteiger partial charge in [-0.25, -0.2) is 4.39 Å². The summed E-state index contributed by atoms with van der Waals surface area (Å²) in [5, 5.41) is 0. The van der Waals surface area contributed by atoms with Gasteiger partial charge in [0.2, 0.25) is 5.88 Å². The second-order valence-electron chi connectivity index (χ2n) is 2.64. The Bertz CT molecular complexity index is 452. The molecule has 13 heavy (non-hydrogen) atoms. The van der Waals surface area contributed by atoms with Crippen molar-refractivity contribution in [1.29, 1.82) is 0 Å². The quantitative estimate of drug-likeness (QED) is 0.715. The van der Waals surface area contributed by atoms with E-state index in [9.17, 15) is 4.39 Å². The molecule has 2 rings (SSSR count). The summed E-state index contributed by atoms with van der Waals surface area (Å²) in [4.78, 5) is 3.88. The molecule has 0 bridgehead atoms. The maximum absolute atomic E-state index is 13.2. The number of halogens is 1. The number of nitrogens with two attached hydrogens (primary N) is 1. The molecule has 0 atom stereocenters. The fourth-order valence-electron chi connectivity index (χ4n) is 1.15. The zero-order valence-corrected chi connectivity index (χ0v) is 6.99. The van der Waals surface area contributed by atoms with Gasteiger partial charge in [0.15, 0.2) is 11.5 Å². The minimum atomic E-state index is -0.455. The number of methoxy groups -OCH3 is 1. The van der Waals surface area contributed by atoms with Gasteiger partial charge in [-0.2, -0.15) is 4.98 Å². The summed E-state index contributed by atoms with van der Waals surface area (Å²) in [6, 6.07) is 1.22. The molecule has 0 unspecified atom stereocenters. The monoisotopic (exact) mass is 181 g/mol. The molecule has 0 aliphatic heterocycles. The minimum Gasteiger partial charge on any atom is -0.480 e. The third kappa shape index (κ3) is 1.18. The largest absolute Gasteiger partial charge is 0.480 e. The fraction of sp³-hybridized carbons (Fsp3) is 0.125. The molecule has 0 spiro atoms. The number of imidazole rings is 1. The third-order valence-electron chi connectivity index (χ3n) is 1.71. The van der Waals surface area contributed by atoms with Crippen LogP contribution in [-0.2, 0) is 0 Å². The minimum absolute atomic E-state index is 0.214. The highest BCUT2D eigenvalue weighted by atomic mass is 19.1. The first-order chi connectivity index (χ1) is 6.20. The second kappa shape index (κ2) is 2.62. The Balaban J connectivity index is 2.75. The lowest BCUT2D eigenvalue weighted by molar-refractivity contribution is 0.400. The van der Waals surface area contributed by atoms with E-state index in [1.54, 1.807) is 12.4 Å². The molecule has 0 saturated carbocycles. The maximum Gasteiger partial charge on any atom is 0.232 e. The Labute approximate surface area is 73.8 Å². The van der Waals surface area contributed by atoms with Crippen molar-refractivity contribution in [2.75, 3.05) is 12.8 Å². The maximum atomic E-state index is 13.2. The molecule has 0 saturated heterocycles. The predicted molar refractivity (Wildman–Crippen MR) is 46.1 cm³/mol. The van der Waals surface area contributed by atoms with Crippen LogP contribution in [0.1, 0.15) is 0 Å². The van der Waals surface area contributed by atoms with Crippen molar-refractivity contribution in [1.82, 2.24) is 9.38 Å². The first-order valence-electron chi connectivity index (χ1n) is 3.68. The molecular weight excluding hydrogens is 173 g/mol. The number of anilines is 1. The molecule has 4 nitrogen and oxygen atoms in total. The van der Waals surface area contributed by atoms with Gasteiger partial charge >= 0.3 is 0 Å². The van der Waals surface area contributed by atoms with E-state index in [2.05, 4.69) is 4.98 Å². The number of hydrogen-bond donors (Lipinski definition) is 1. The molecule has 5 heteroatoms. The molecule has 0 amide bonds. The van der Waals surface area contributed by atoms with Crippen molar-refractivity contribution in [3.05, 3.63) is 24.3 Å². The van der Waals surface area contributed by atoms with E-state index < -0.39 is 5.82 Å². The molecule has 68 valence electrons. The Morgan fingerprint density at radius 1 is 1.54 bits per heavy atom. The molecular formula is C8H8FN3O. The zero-order valence-electron chi connectivity index (χ0n) is 6.99. The third-order valence-corrected chi connectivity index (χ3v) is 1.71. The highest BCUT2D eigenvalue weighted by molar-refractivity contribution is 5.50. The van der Waals surface area contributed by atoms with Crippen LogP contribution >= 0.6 is 0 Å². The van der Waals surface area contributed by atoms with Crippen molar-refractivity contribution >= 4 is 11.3 Å². The molecule has 2 N–H and O–H groups in total. The molecule has 2 aromatic rings. The van der Waals surface area contributed by atoms with Gasteiger partial charge in [0, 0.05) is 12.3 Å². The lowest BCUT2D eigenvalue weighted by Gasteiger charge is -1.95. The van der Waals surface area contributed by atoms with Crippen LogP contribution in [-0.4, -0.2) is 16.5 Å². The number of rotatable bonds is 1. The first kappa shape index (κ1) is 7.85. The SMILES string of the molecule is COc1cn2cc(N)cc(F)c2n1. The van der Waals surface area contributed by atoms with Crippen LogP contribution in [0.2, 0.25) is 0 Å². The van der Waals surface area contributed by atoms with Crippen LogP contribution in [0.3, 0.4) is 0 Å². The van der Waals surface area contributed by atoms with E-state index in [1.165, 1.54) is 17.6 Å². The van der Waals surface area contributed by atoms with Crippen LogP contribution in [0.4, 0.5) is 10.1 Å². The van der Waals surface area contributed by atoms with Gasteiger partial charge < -0.3 is 10.5 Å². The number of aromatic nitrogens is 2. The van der Waals surface area contributed by atoms with Crippen molar-refractivity contribution in [2.45, 2.75) is 0 Å². The number of pyridine rings is 1. The van der Waals surface area contributed by atoms with Crippen molar-refractivity contribution < 1.29 is 9.13 Å². The van der Waals surface area contributed by atoms with Gasteiger partial charge in [0.25, 0.3) is 0 Å². The molecule has 0 aliphatic rings. The highest BCUT2D eigenvalue weighted by Gasteiger charge is 2.06. The predicted octanol–water partition coefficient (Wildman–Crippen LogP) is 1.06. The molecule has 2 aromatic heterocycles. The molecule has 0 fully saturated rings. The number of nitrogens with zero attached hydrogens (tertiary/aromatic N) is 2. The van der Waals surface area contributed by atoms with Gasteiger partial charge in [0.05, 0.1) is 19.0 Å². The topological polar surface area (TPSA) is 52.5 Å². The smallest absolute Gasteiger partial charge is 0.232 e. The highest BCUT2D eigenvalue weighted by Crippen LogP contribution is 2.16. The van der Waals surface area contributed by atoms with E-state index in [0.29, 0.717) is 11.6 Å². The molecule has 0 aliphatic carbocycles. The summed E-state index contributed by atoms with van der Waals surface area (Å²) in [6.45, 7) is 0. The number of nitrogen functional groups attached to an aromatic ring is 1. The van der Waals surface area contributed by atoms with Crippen LogP contribution < -0.4 is 10.5 Å². The van der Waals surface area contributed by atoms with Gasteiger partial charge in [-0.3, -0.25) is 4.40 Å². The van der Waals surface area contributed by atoms with Crippen molar-refractivity contribution in [2.24, 2.45) is 0 Å².